The Balaban J connectivity index is 1.16. The van der Waals surface area contributed by atoms with Gasteiger partial charge in [-0.1, -0.05) is 0 Å². The van der Waals surface area contributed by atoms with Crippen LogP contribution in [-0.2, 0) is 13.1 Å². The van der Waals surface area contributed by atoms with Gasteiger partial charge in [0.05, 0.1) is 18.3 Å². The lowest BCUT2D eigenvalue weighted by Gasteiger charge is -2.27. The highest BCUT2D eigenvalue weighted by Crippen LogP contribution is 2.41. The van der Waals surface area contributed by atoms with Crippen molar-refractivity contribution in [1.29, 1.82) is 5.26 Å². The van der Waals surface area contributed by atoms with Crippen LogP contribution in [0.2, 0.25) is 0 Å². The number of piperidine rings is 1. The Labute approximate surface area is 278 Å². The second kappa shape index (κ2) is 11.3. The van der Waals surface area contributed by atoms with Gasteiger partial charge in [-0.2, -0.15) is 5.26 Å². The van der Waals surface area contributed by atoms with Crippen LogP contribution in [0.5, 0.6) is 5.75 Å². The molecule has 4 atom stereocenters. The van der Waals surface area contributed by atoms with Crippen LogP contribution in [-0.4, -0.2) is 78.7 Å². The minimum absolute atomic E-state index is 0.00954. The standard InChI is InChI=1S/C36H38N10O2/c1-48-30-15-25(36(47)45-20-24-6-7-28(45)31(24)38)13-26-32(30)46(19-22-8-12-43(17-22)34-27(16-37)39-10-11-41-34)35(42-26)29-14-23-3-2-9-40-33(23)44(29)18-21-4-5-21/h2-3,9-11,13-15,21-22,24,28,31H,4-8,12,17-20,38H2,1H3/t22-,24-,28-,31-/m1/s1. The van der Waals surface area contributed by atoms with Crippen LogP contribution in [0.1, 0.15) is 48.2 Å². The largest absolute Gasteiger partial charge is 0.494 e. The number of carbonyl (C=O) groups excluding carboxylic acids is 1. The Morgan fingerprint density at radius 2 is 1.85 bits per heavy atom. The number of nitriles is 1. The maximum atomic E-state index is 14.0. The third-order valence-electron chi connectivity index (χ3n) is 11.0. The Morgan fingerprint density at radius 1 is 1.00 bits per heavy atom. The van der Waals surface area contributed by atoms with E-state index in [4.69, 9.17) is 20.4 Å². The van der Waals surface area contributed by atoms with Gasteiger partial charge >= 0.3 is 0 Å². The molecule has 1 amide bonds. The van der Waals surface area contributed by atoms with E-state index in [1.54, 1.807) is 19.5 Å². The van der Waals surface area contributed by atoms with Gasteiger partial charge in [-0.25, -0.2) is 19.9 Å². The zero-order valence-electron chi connectivity index (χ0n) is 27.0. The predicted molar refractivity (Wildman–Crippen MR) is 180 cm³/mol. The second-order valence-electron chi connectivity index (χ2n) is 14.0. The van der Waals surface area contributed by atoms with Crippen LogP contribution in [0.15, 0.2) is 48.9 Å². The van der Waals surface area contributed by atoms with Gasteiger partial charge < -0.3 is 29.4 Å². The monoisotopic (exact) mass is 642 g/mol. The minimum Gasteiger partial charge on any atom is -0.494 e. The number of fused-ring (bicyclic) bond motifs is 4. The van der Waals surface area contributed by atoms with E-state index in [9.17, 15) is 10.1 Å². The Hall–Kier alpha value is -5.02. The van der Waals surface area contributed by atoms with E-state index >= 15 is 0 Å². The number of imidazole rings is 1. The van der Waals surface area contributed by atoms with Gasteiger partial charge in [-0.05, 0) is 80.2 Å². The van der Waals surface area contributed by atoms with E-state index in [1.165, 1.54) is 12.8 Å². The number of anilines is 1. The van der Waals surface area contributed by atoms with Crippen LogP contribution in [0.3, 0.4) is 0 Å². The van der Waals surface area contributed by atoms with E-state index in [0.29, 0.717) is 47.8 Å². The van der Waals surface area contributed by atoms with Gasteiger partial charge in [-0.15, -0.1) is 0 Å². The summed E-state index contributed by atoms with van der Waals surface area (Å²) in [5, 5.41) is 10.7. The molecule has 2 bridgehead atoms. The SMILES string of the molecule is COc1cc(C(=O)N2C[C@H]3CC[C@@H]2[C@@H]3N)cc2nc(-c3cc4cccnc4n3CC3CC3)n(C[C@@H]3CCN(c4nccnc4C#N)C3)c12. The number of aromatic nitrogens is 6. The number of methoxy groups -OCH3 is 1. The van der Waals surface area contributed by atoms with Crippen molar-refractivity contribution >= 4 is 33.8 Å². The summed E-state index contributed by atoms with van der Waals surface area (Å²) in [4.78, 5) is 37.0. The van der Waals surface area contributed by atoms with E-state index in [0.717, 1.165) is 72.5 Å². The lowest BCUT2D eigenvalue weighted by Crippen LogP contribution is -2.41. The fourth-order valence-electron chi connectivity index (χ4n) is 8.42. The van der Waals surface area contributed by atoms with Crippen LogP contribution >= 0.6 is 0 Å². The summed E-state index contributed by atoms with van der Waals surface area (Å²) in [7, 11) is 1.66. The van der Waals surface area contributed by atoms with Gasteiger partial charge in [0.25, 0.3) is 5.91 Å². The summed E-state index contributed by atoms with van der Waals surface area (Å²) in [5.41, 5.74) is 11.0. The molecule has 2 N–H and O–H groups in total. The fraction of sp³-hybridized carbons (Fsp3) is 0.444. The average molecular weight is 643 g/mol. The number of pyridine rings is 1. The van der Waals surface area contributed by atoms with E-state index in [2.05, 4.69) is 42.2 Å². The number of carbonyl (C=O) groups is 1. The molecular weight excluding hydrogens is 604 g/mol. The molecule has 0 spiro atoms. The Bertz CT molecular complexity index is 2110. The van der Waals surface area contributed by atoms with Crippen molar-refractivity contribution in [2.75, 3.05) is 31.6 Å². The molecule has 1 aromatic carbocycles. The minimum atomic E-state index is -0.00954. The topological polar surface area (TPSA) is 144 Å². The number of hydrogen-bond acceptors (Lipinski definition) is 9. The van der Waals surface area contributed by atoms with Crippen molar-refractivity contribution in [3.05, 3.63) is 60.2 Å². The molecule has 9 rings (SSSR count). The zero-order chi connectivity index (χ0) is 32.5. The molecular formula is C36H38N10O2. The smallest absolute Gasteiger partial charge is 0.254 e. The lowest BCUT2D eigenvalue weighted by atomic mass is 10.1. The molecule has 2 saturated heterocycles. The molecule has 6 heterocycles. The first kappa shape index (κ1) is 29.1. The molecule has 2 aliphatic carbocycles. The van der Waals surface area contributed by atoms with Crippen molar-refractivity contribution in [2.45, 2.75) is 57.3 Å². The number of nitrogens with two attached hydrogens (primary N) is 1. The molecule has 2 saturated carbocycles. The molecule has 12 nitrogen and oxygen atoms in total. The summed E-state index contributed by atoms with van der Waals surface area (Å²) in [5.74, 6) is 3.34. The van der Waals surface area contributed by atoms with Gasteiger partial charge in [0.1, 0.15) is 23.0 Å². The molecule has 12 heteroatoms. The number of rotatable bonds is 8. The Morgan fingerprint density at radius 3 is 2.62 bits per heavy atom. The molecule has 2 aliphatic heterocycles. The quantitative estimate of drug-likeness (QED) is 0.263. The number of amides is 1. The van der Waals surface area contributed by atoms with E-state index < -0.39 is 0 Å². The molecule has 5 aromatic rings. The average Bonchev–Trinajstić information content (AvgIpc) is 3.42. The van der Waals surface area contributed by atoms with E-state index in [-0.39, 0.29) is 23.9 Å². The lowest BCUT2D eigenvalue weighted by molar-refractivity contribution is 0.0700. The number of hydrogen-bond donors (Lipinski definition) is 1. The first-order chi connectivity index (χ1) is 23.5. The van der Waals surface area contributed by atoms with Gasteiger partial charge in [0.15, 0.2) is 17.3 Å². The van der Waals surface area contributed by atoms with E-state index in [1.807, 2.05) is 29.3 Å². The molecule has 244 valence electrons. The van der Waals surface area contributed by atoms with Crippen molar-refractivity contribution in [3.8, 4) is 23.3 Å². The van der Waals surface area contributed by atoms with Gasteiger partial charge in [0.2, 0.25) is 0 Å². The maximum Gasteiger partial charge on any atom is 0.254 e. The van der Waals surface area contributed by atoms with Crippen molar-refractivity contribution in [2.24, 2.45) is 23.5 Å². The zero-order valence-corrected chi connectivity index (χ0v) is 27.0. The molecule has 0 radical (unpaired) electrons. The molecule has 4 aromatic heterocycles. The Kier molecular flexibility index (Phi) is 6.86. The fourth-order valence-corrected chi connectivity index (χ4v) is 8.42. The summed E-state index contributed by atoms with van der Waals surface area (Å²) in [6, 6.07) is 12.4. The second-order valence-corrected chi connectivity index (χ2v) is 14.0. The van der Waals surface area contributed by atoms with Crippen LogP contribution in [0.4, 0.5) is 5.82 Å². The first-order valence-corrected chi connectivity index (χ1v) is 17.1. The maximum absolute atomic E-state index is 14.0. The predicted octanol–water partition coefficient (Wildman–Crippen LogP) is 4.22. The number of nitrogens with zero attached hydrogens (tertiary/aromatic N) is 9. The summed E-state index contributed by atoms with van der Waals surface area (Å²) in [6.45, 7) is 3.78. The van der Waals surface area contributed by atoms with Crippen molar-refractivity contribution in [3.63, 3.8) is 0 Å². The highest BCUT2D eigenvalue weighted by Gasteiger charge is 2.47. The molecule has 4 fully saturated rings. The molecule has 0 unspecified atom stereocenters. The number of ether oxygens (including phenoxy) is 1. The van der Waals surface area contributed by atoms with Crippen LogP contribution < -0.4 is 15.4 Å². The van der Waals surface area contributed by atoms with Crippen molar-refractivity contribution < 1.29 is 9.53 Å². The third-order valence-corrected chi connectivity index (χ3v) is 11.0. The molecule has 48 heavy (non-hydrogen) atoms. The normalized spacial score (nSPS) is 23.4. The first-order valence-electron chi connectivity index (χ1n) is 17.1. The number of likely N-dealkylation sites (tertiary alicyclic amines) is 1. The van der Waals surface area contributed by atoms with Gasteiger partial charge in [-0.3, -0.25) is 4.79 Å². The molecule has 4 aliphatic rings. The summed E-state index contributed by atoms with van der Waals surface area (Å²) in [6.07, 6.45) is 10.4. The van der Waals surface area contributed by atoms with Crippen LogP contribution in [0, 0.1) is 29.1 Å². The number of benzene rings is 1. The highest BCUT2D eigenvalue weighted by molar-refractivity contribution is 6.00. The highest BCUT2D eigenvalue weighted by atomic mass is 16.5. The summed E-state index contributed by atoms with van der Waals surface area (Å²) >= 11 is 0. The van der Waals surface area contributed by atoms with Gasteiger partial charge in [0, 0.05) is 74.3 Å². The third kappa shape index (κ3) is 4.71. The van der Waals surface area contributed by atoms with Crippen LogP contribution in [0.25, 0.3) is 33.6 Å². The summed E-state index contributed by atoms with van der Waals surface area (Å²) < 4.78 is 10.7. The van der Waals surface area contributed by atoms with Crippen molar-refractivity contribution in [1.82, 2.24) is 34.0 Å².